The van der Waals surface area contributed by atoms with E-state index in [1.807, 2.05) is 84.9 Å². The smallest absolute Gasteiger partial charge is 0.254 e. The van der Waals surface area contributed by atoms with Crippen molar-refractivity contribution in [1.29, 1.82) is 0 Å². The summed E-state index contributed by atoms with van der Waals surface area (Å²) in [6, 6.07) is 27.2. The van der Waals surface area contributed by atoms with Crippen molar-refractivity contribution in [3.8, 4) is 5.75 Å². The Labute approximate surface area is 178 Å². The van der Waals surface area contributed by atoms with Gasteiger partial charge >= 0.3 is 0 Å². The molecule has 4 rings (SSSR count). The Morgan fingerprint density at radius 1 is 0.867 bits per heavy atom. The van der Waals surface area contributed by atoms with E-state index >= 15 is 0 Å². The molecular weight excluding hydrogens is 394 g/mol. The van der Waals surface area contributed by atoms with E-state index in [4.69, 9.17) is 4.74 Å². The van der Waals surface area contributed by atoms with E-state index in [1.54, 1.807) is 13.3 Å². The van der Waals surface area contributed by atoms with Gasteiger partial charge in [0.2, 0.25) is 4.80 Å². The standard InChI is InChI=1S/C23H19N5OS/c1-29-20-14-12-17(13-15-20)16-24-21-27-22(25-18-8-4-2-5-9-18)30-23(28-21)26-19-10-6-3-7-11-19/h2-16H,1H3,(H,25,26,27,28)/b24-16+. The van der Waals surface area contributed by atoms with Crippen LogP contribution in [0.1, 0.15) is 5.56 Å². The van der Waals surface area contributed by atoms with Crippen molar-refractivity contribution in [2.75, 3.05) is 12.4 Å². The fraction of sp³-hybridized carbons (Fsp3) is 0.0435. The first-order chi connectivity index (χ1) is 14.8. The third-order valence-electron chi connectivity index (χ3n) is 4.04. The van der Waals surface area contributed by atoms with Gasteiger partial charge in [-0.15, -0.1) is 0 Å². The molecule has 0 atom stereocenters. The van der Waals surface area contributed by atoms with E-state index in [9.17, 15) is 0 Å². The number of para-hydroxylation sites is 2. The number of nitrogens with zero attached hydrogens (tertiary/aromatic N) is 4. The normalized spacial score (nSPS) is 11.6. The van der Waals surface area contributed by atoms with Crippen LogP contribution in [-0.2, 0) is 0 Å². The van der Waals surface area contributed by atoms with E-state index in [0.29, 0.717) is 15.9 Å². The van der Waals surface area contributed by atoms with Crippen molar-refractivity contribution >= 4 is 40.0 Å². The van der Waals surface area contributed by atoms with E-state index in [2.05, 4.69) is 25.3 Å². The number of hydrogen-bond donors (Lipinski definition) is 1. The Bertz CT molecular complexity index is 1190. The van der Waals surface area contributed by atoms with E-state index in [1.165, 1.54) is 11.3 Å². The topological polar surface area (TPSA) is 71.8 Å². The Morgan fingerprint density at radius 3 is 2.27 bits per heavy atom. The largest absolute Gasteiger partial charge is 0.497 e. The van der Waals surface area contributed by atoms with Crippen molar-refractivity contribution in [2.45, 2.75) is 0 Å². The number of hydrogen-bond acceptors (Lipinski definition) is 7. The van der Waals surface area contributed by atoms with Gasteiger partial charge in [0, 0.05) is 11.9 Å². The summed E-state index contributed by atoms with van der Waals surface area (Å²) in [5, 5.41) is 3.96. The summed E-state index contributed by atoms with van der Waals surface area (Å²) in [5.41, 5.74) is 2.68. The molecule has 0 aliphatic rings. The second kappa shape index (κ2) is 9.58. The van der Waals surface area contributed by atoms with Gasteiger partial charge in [-0.1, -0.05) is 47.7 Å². The van der Waals surface area contributed by atoms with Gasteiger partial charge in [0.05, 0.1) is 12.8 Å². The van der Waals surface area contributed by atoms with Crippen LogP contribution in [0.15, 0.2) is 94.9 Å². The summed E-state index contributed by atoms with van der Waals surface area (Å²) in [7, 11) is 1.64. The molecule has 0 saturated carbocycles. The van der Waals surface area contributed by atoms with Crippen LogP contribution in [0.5, 0.6) is 5.75 Å². The number of ether oxygens (including phenoxy) is 1. The van der Waals surface area contributed by atoms with Crippen LogP contribution in [0.2, 0.25) is 0 Å². The third-order valence-corrected chi connectivity index (χ3v) is 4.79. The fourth-order valence-electron chi connectivity index (χ4n) is 2.57. The first-order valence-corrected chi connectivity index (χ1v) is 10.1. The molecule has 0 unspecified atom stereocenters. The summed E-state index contributed by atoms with van der Waals surface area (Å²) >= 11 is 1.36. The maximum Gasteiger partial charge on any atom is 0.254 e. The Hall–Kier alpha value is -3.84. The second-order valence-electron chi connectivity index (χ2n) is 6.18. The fourth-order valence-corrected chi connectivity index (χ4v) is 3.32. The predicted molar refractivity (Wildman–Crippen MR) is 122 cm³/mol. The number of aliphatic imine (C=N–C) groups is 1. The highest BCUT2D eigenvalue weighted by Crippen LogP contribution is 2.19. The average Bonchev–Trinajstić information content (AvgIpc) is 2.79. The van der Waals surface area contributed by atoms with Crippen molar-refractivity contribution < 1.29 is 4.74 Å². The van der Waals surface area contributed by atoms with Gasteiger partial charge in [0.25, 0.3) is 5.95 Å². The van der Waals surface area contributed by atoms with E-state index in [-0.39, 0.29) is 0 Å². The lowest BCUT2D eigenvalue weighted by molar-refractivity contribution is 0.415. The molecule has 0 bridgehead atoms. The zero-order valence-corrected chi connectivity index (χ0v) is 17.1. The van der Waals surface area contributed by atoms with Crippen molar-refractivity contribution in [3.63, 3.8) is 0 Å². The Balaban J connectivity index is 1.69. The molecule has 7 heteroatoms. The first-order valence-electron chi connectivity index (χ1n) is 9.28. The Kier molecular flexibility index (Phi) is 6.22. The van der Waals surface area contributed by atoms with Gasteiger partial charge in [0.15, 0.2) is 5.13 Å². The van der Waals surface area contributed by atoms with Crippen LogP contribution in [0.25, 0.3) is 0 Å². The van der Waals surface area contributed by atoms with Crippen LogP contribution in [0, 0.1) is 0 Å². The molecule has 1 N–H and O–H groups in total. The molecule has 6 nitrogen and oxygen atoms in total. The molecule has 30 heavy (non-hydrogen) atoms. The minimum atomic E-state index is 0.331. The van der Waals surface area contributed by atoms with Gasteiger partial charge in [-0.05, 0) is 54.1 Å². The number of rotatable bonds is 6. The summed E-state index contributed by atoms with van der Waals surface area (Å²) in [6.45, 7) is 0. The minimum absolute atomic E-state index is 0.331. The molecule has 0 aliphatic heterocycles. The zero-order valence-electron chi connectivity index (χ0n) is 16.3. The number of benzene rings is 3. The van der Waals surface area contributed by atoms with Crippen LogP contribution in [0.3, 0.4) is 0 Å². The Morgan fingerprint density at radius 2 is 1.57 bits per heavy atom. The van der Waals surface area contributed by atoms with Crippen LogP contribution in [0.4, 0.5) is 22.5 Å². The molecule has 1 heterocycles. The van der Waals surface area contributed by atoms with Crippen molar-refractivity contribution in [3.05, 3.63) is 95.3 Å². The molecule has 0 aliphatic carbocycles. The molecule has 3 aromatic carbocycles. The molecule has 4 aromatic rings. The summed E-state index contributed by atoms with van der Waals surface area (Å²) in [6.07, 6.45) is 1.72. The van der Waals surface area contributed by atoms with E-state index < -0.39 is 0 Å². The molecule has 0 spiro atoms. The summed E-state index contributed by atoms with van der Waals surface area (Å²) in [4.78, 5) is 18.7. The minimum Gasteiger partial charge on any atom is -0.497 e. The van der Waals surface area contributed by atoms with Gasteiger partial charge in [0.1, 0.15) is 5.75 Å². The second-order valence-corrected chi connectivity index (χ2v) is 7.14. The monoisotopic (exact) mass is 413 g/mol. The number of anilines is 2. The maximum atomic E-state index is 5.19. The van der Waals surface area contributed by atoms with Gasteiger partial charge < -0.3 is 10.1 Å². The summed E-state index contributed by atoms with van der Waals surface area (Å²) < 4.78 is 5.19. The van der Waals surface area contributed by atoms with Gasteiger partial charge in [-0.2, -0.15) is 9.97 Å². The third kappa shape index (κ3) is 5.36. The molecule has 0 saturated heterocycles. The molecule has 148 valence electrons. The van der Waals surface area contributed by atoms with Gasteiger partial charge in [-0.3, -0.25) is 0 Å². The summed E-state index contributed by atoms with van der Waals surface area (Å²) in [5.74, 6) is 1.13. The van der Waals surface area contributed by atoms with Gasteiger partial charge in [-0.25, -0.2) is 9.98 Å². The predicted octanol–water partition coefficient (Wildman–Crippen LogP) is 5.27. The highest BCUT2D eigenvalue weighted by atomic mass is 32.1. The first kappa shape index (κ1) is 19.5. The quantitative estimate of drug-likeness (QED) is 0.437. The maximum absolute atomic E-state index is 5.19. The number of methoxy groups -OCH3 is 1. The SMILES string of the molecule is COc1ccc(/C=N/c2nc(Nc3ccccc3)sc(=Nc3ccccc3)n2)cc1. The molecule has 0 fully saturated rings. The van der Waals surface area contributed by atoms with Crippen LogP contribution >= 0.6 is 11.3 Å². The number of nitrogens with one attached hydrogen (secondary N) is 1. The highest BCUT2D eigenvalue weighted by molar-refractivity contribution is 7.12. The lowest BCUT2D eigenvalue weighted by Gasteiger charge is -2.04. The van der Waals surface area contributed by atoms with Crippen molar-refractivity contribution in [2.24, 2.45) is 9.98 Å². The highest BCUT2D eigenvalue weighted by Gasteiger charge is 2.03. The average molecular weight is 414 g/mol. The molecule has 0 radical (unpaired) electrons. The number of aromatic nitrogens is 2. The van der Waals surface area contributed by atoms with Crippen LogP contribution in [-0.4, -0.2) is 23.3 Å². The molecule has 0 amide bonds. The molecular formula is C23H19N5OS. The molecule has 1 aromatic heterocycles. The van der Waals surface area contributed by atoms with Crippen molar-refractivity contribution in [1.82, 2.24) is 9.97 Å². The van der Waals surface area contributed by atoms with E-state index in [0.717, 1.165) is 22.7 Å². The zero-order chi connectivity index (χ0) is 20.6. The lowest BCUT2D eigenvalue weighted by Crippen LogP contribution is -2.06. The lowest BCUT2D eigenvalue weighted by atomic mass is 10.2. The van der Waals surface area contributed by atoms with Crippen LogP contribution < -0.4 is 14.9 Å².